The van der Waals surface area contributed by atoms with Crippen LogP contribution in [0.2, 0.25) is 0 Å². The standard InChI is InChI=1S/C15H18N4O3S/c1-17-13-4-3-12(9-14(13)18(2)15(17)20)23(21,22)19-7-5-11(10-16)6-8-19/h3-4,9,11H,5-8H2,1-2H3. The van der Waals surface area contributed by atoms with E-state index < -0.39 is 10.0 Å². The highest BCUT2D eigenvalue weighted by molar-refractivity contribution is 7.89. The summed E-state index contributed by atoms with van der Waals surface area (Å²) in [6.07, 6.45) is 1.11. The SMILES string of the molecule is Cn1c(=O)n(C)c2cc(S(=O)(=O)N3CCC(C#N)CC3)ccc21. The first-order chi connectivity index (χ1) is 10.9. The maximum atomic E-state index is 12.8. The van der Waals surface area contributed by atoms with Gasteiger partial charge in [0.2, 0.25) is 10.0 Å². The number of benzene rings is 1. The highest BCUT2D eigenvalue weighted by atomic mass is 32.2. The molecule has 0 spiro atoms. The van der Waals surface area contributed by atoms with Crippen LogP contribution in [0.15, 0.2) is 27.9 Å². The fourth-order valence-corrected chi connectivity index (χ4v) is 4.51. The van der Waals surface area contributed by atoms with Crippen LogP contribution in [0.25, 0.3) is 11.0 Å². The zero-order valence-corrected chi connectivity index (χ0v) is 13.9. The van der Waals surface area contributed by atoms with E-state index in [1.54, 1.807) is 26.2 Å². The largest absolute Gasteiger partial charge is 0.328 e. The van der Waals surface area contributed by atoms with Gasteiger partial charge in [0.1, 0.15) is 0 Å². The van der Waals surface area contributed by atoms with Gasteiger partial charge in [-0.25, -0.2) is 13.2 Å². The van der Waals surface area contributed by atoms with Crippen LogP contribution in [-0.2, 0) is 24.1 Å². The Balaban J connectivity index is 2.01. The van der Waals surface area contributed by atoms with Gasteiger partial charge in [-0.15, -0.1) is 0 Å². The molecule has 7 nitrogen and oxygen atoms in total. The summed E-state index contributed by atoms with van der Waals surface area (Å²) in [5, 5.41) is 8.92. The number of aryl methyl sites for hydroxylation is 2. The molecular formula is C15H18N4O3S. The number of hydrogen-bond donors (Lipinski definition) is 0. The van der Waals surface area contributed by atoms with Gasteiger partial charge in [-0.1, -0.05) is 0 Å². The van der Waals surface area contributed by atoms with E-state index in [9.17, 15) is 13.2 Å². The number of piperidine rings is 1. The van der Waals surface area contributed by atoms with Gasteiger partial charge in [-0.3, -0.25) is 9.13 Å². The van der Waals surface area contributed by atoms with Crippen LogP contribution in [0.3, 0.4) is 0 Å². The summed E-state index contributed by atoms with van der Waals surface area (Å²) in [5.41, 5.74) is 1.09. The molecule has 0 amide bonds. The topological polar surface area (TPSA) is 88.1 Å². The Morgan fingerprint density at radius 2 is 1.74 bits per heavy atom. The summed E-state index contributed by atoms with van der Waals surface area (Å²) in [6, 6.07) is 6.93. The molecule has 2 heterocycles. The molecule has 0 radical (unpaired) electrons. The van der Waals surface area contributed by atoms with Gasteiger partial charge in [0.15, 0.2) is 0 Å². The molecule has 0 N–H and O–H groups in total. The maximum absolute atomic E-state index is 12.8. The van der Waals surface area contributed by atoms with Crippen LogP contribution in [0.4, 0.5) is 0 Å². The minimum Gasteiger partial charge on any atom is -0.295 e. The zero-order chi connectivity index (χ0) is 16.8. The lowest BCUT2D eigenvalue weighted by Gasteiger charge is -2.28. The molecule has 3 rings (SSSR count). The first-order valence-corrected chi connectivity index (χ1v) is 8.85. The summed E-state index contributed by atoms with van der Waals surface area (Å²) in [7, 11) is -0.323. The van der Waals surface area contributed by atoms with Gasteiger partial charge in [0.05, 0.1) is 22.0 Å². The average Bonchev–Trinajstić information content (AvgIpc) is 2.79. The molecule has 1 saturated heterocycles. The molecule has 0 unspecified atom stereocenters. The number of nitriles is 1. The number of aromatic nitrogens is 2. The summed E-state index contributed by atoms with van der Waals surface area (Å²) < 4.78 is 29.9. The molecule has 0 saturated carbocycles. The van der Waals surface area contributed by atoms with Crippen molar-refractivity contribution in [2.75, 3.05) is 13.1 Å². The molecule has 1 aromatic carbocycles. The van der Waals surface area contributed by atoms with Crippen molar-refractivity contribution >= 4 is 21.1 Å². The first kappa shape index (κ1) is 15.8. The zero-order valence-electron chi connectivity index (χ0n) is 13.1. The van der Waals surface area contributed by atoms with Crippen molar-refractivity contribution < 1.29 is 8.42 Å². The van der Waals surface area contributed by atoms with Crippen LogP contribution in [0.5, 0.6) is 0 Å². The fraction of sp³-hybridized carbons (Fsp3) is 0.467. The highest BCUT2D eigenvalue weighted by Crippen LogP contribution is 2.25. The Morgan fingerprint density at radius 3 is 2.35 bits per heavy atom. The molecule has 1 aromatic heterocycles. The van der Waals surface area contributed by atoms with E-state index in [2.05, 4.69) is 6.07 Å². The Labute approximate surface area is 134 Å². The van der Waals surface area contributed by atoms with Crippen molar-refractivity contribution in [3.05, 3.63) is 28.7 Å². The predicted molar refractivity (Wildman–Crippen MR) is 85.3 cm³/mol. The van der Waals surface area contributed by atoms with Gasteiger partial charge in [-0.05, 0) is 31.0 Å². The summed E-state index contributed by atoms with van der Waals surface area (Å²) >= 11 is 0. The number of imidazole rings is 1. The van der Waals surface area contributed by atoms with Crippen LogP contribution >= 0.6 is 0 Å². The molecule has 0 atom stereocenters. The lowest BCUT2D eigenvalue weighted by molar-refractivity contribution is 0.310. The number of nitrogens with zero attached hydrogens (tertiary/aromatic N) is 4. The van der Waals surface area contributed by atoms with Gasteiger partial charge in [0, 0.05) is 33.1 Å². The summed E-state index contributed by atoms with van der Waals surface area (Å²) in [5.74, 6) is -0.0705. The quantitative estimate of drug-likeness (QED) is 0.813. The van der Waals surface area contributed by atoms with E-state index in [0.29, 0.717) is 37.0 Å². The van der Waals surface area contributed by atoms with Crippen molar-refractivity contribution in [1.29, 1.82) is 5.26 Å². The third kappa shape index (κ3) is 2.46. The van der Waals surface area contributed by atoms with Gasteiger partial charge >= 0.3 is 5.69 Å². The van der Waals surface area contributed by atoms with Crippen molar-refractivity contribution in [1.82, 2.24) is 13.4 Å². The number of hydrogen-bond acceptors (Lipinski definition) is 4. The molecule has 1 fully saturated rings. The number of sulfonamides is 1. The van der Waals surface area contributed by atoms with Gasteiger partial charge < -0.3 is 0 Å². The van der Waals surface area contributed by atoms with Crippen molar-refractivity contribution in [3.8, 4) is 6.07 Å². The molecule has 1 aliphatic heterocycles. The second kappa shape index (κ2) is 5.51. The Bertz CT molecular complexity index is 957. The number of rotatable bonds is 2. The molecule has 0 aliphatic carbocycles. The lowest BCUT2D eigenvalue weighted by Crippen LogP contribution is -2.38. The molecular weight excluding hydrogens is 316 g/mol. The van der Waals surface area contributed by atoms with Crippen molar-refractivity contribution in [3.63, 3.8) is 0 Å². The summed E-state index contributed by atoms with van der Waals surface area (Å²) in [6.45, 7) is 0.707. The number of fused-ring (bicyclic) bond motifs is 1. The Hall–Kier alpha value is -2.11. The first-order valence-electron chi connectivity index (χ1n) is 7.41. The Kier molecular flexibility index (Phi) is 3.78. The smallest absolute Gasteiger partial charge is 0.295 e. The van der Waals surface area contributed by atoms with Crippen molar-refractivity contribution in [2.45, 2.75) is 17.7 Å². The van der Waals surface area contributed by atoms with E-state index in [0.717, 1.165) is 0 Å². The van der Waals surface area contributed by atoms with E-state index in [1.165, 1.54) is 19.5 Å². The third-order valence-electron chi connectivity index (χ3n) is 4.52. The minimum atomic E-state index is -3.61. The summed E-state index contributed by atoms with van der Waals surface area (Å²) in [4.78, 5) is 12.1. The second-order valence-corrected chi connectivity index (χ2v) is 7.80. The van der Waals surface area contributed by atoms with E-state index in [-0.39, 0.29) is 16.5 Å². The van der Waals surface area contributed by atoms with E-state index in [4.69, 9.17) is 5.26 Å². The average molecular weight is 334 g/mol. The van der Waals surface area contributed by atoms with E-state index in [1.807, 2.05) is 0 Å². The second-order valence-electron chi connectivity index (χ2n) is 5.86. The van der Waals surface area contributed by atoms with Crippen LogP contribution < -0.4 is 5.69 Å². The van der Waals surface area contributed by atoms with Crippen LogP contribution in [0.1, 0.15) is 12.8 Å². The molecule has 1 aliphatic rings. The monoisotopic (exact) mass is 334 g/mol. The minimum absolute atomic E-state index is 0.0705. The maximum Gasteiger partial charge on any atom is 0.328 e. The third-order valence-corrected chi connectivity index (χ3v) is 6.41. The predicted octanol–water partition coefficient (Wildman–Crippen LogP) is 0.801. The highest BCUT2D eigenvalue weighted by Gasteiger charge is 2.29. The van der Waals surface area contributed by atoms with Crippen LogP contribution in [0, 0.1) is 17.2 Å². The molecule has 23 heavy (non-hydrogen) atoms. The van der Waals surface area contributed by atoms with Crippen molar-refractivity contribution in [2.24, 2.45) is 20.0 Å². The van der Waals surface area contributed by atoms with Gasteiger partial charge in [-0.2, -0.15) is 9.57 Å². The Morgan fingerprint density at radius 1 is 1.13 bits per heavy atom. The molecule has 2 aromatic rings. The normalized spacial score (nSPS) is 17.4. The van der Waals surface area contributed by atoms with E-state index >= 15 is 0 Å². The molecule has 122 valence electrons. The van der Waals surface area contributed by atoms with Crippen LogP contribution in [-0.4, -0.2) is 34.9 Å². The van der Waals surface area contributed by atoms with Gasteiger partial charge in [0.25, 0.3) is 0 Å². The fourth-order valence-electron chi connectivity index (χ4n) is 3.02. The lowest BCUT2D eigenvalue weighted by atomic mass is 10.0. The molecule has 0 bridgehead atoms. The molecule has 8 heteroatoms.